The minimum absolute atomic E-state index is 0.0972. The van der Waals surface area contributed by atoms with E-state index in [4.69, 9.17) is 10.8 Å². The van der Waals surface area contributed by atoms with Gasteiger partial charge < -0.3 is 10.8 Å². The monoisotopic (exact) mass is 198 g/mol. The van der Waals surface area contributed by atoms with Crippen LogP contribution < -0.4 is 5.73 Å². The average Bonchev–Trinajstić information content (AvgIpc) is 2.19. The van der Waals surface area contributed by atoms with Crippen LogP contribution in [0.1, 0.15) is 5.56 Å². The zero-order valence-electron chi connectivity index (χ0n) is 8.01. The van der Waals surface area contributed by atoms with Crippen molar-refractivity contribution >= 4 is 5.69 Å². The Bertz CT molecular complexity index is 270. The molecule has 78 valence electrons. The van der Waals surface area contributed by atoms with Crippen LogP contribution in [0, 0.1) is 17.0 Å². The van der Waals surface area contributed by atoms with Crippen LogP contribution in [0.4, 0.5) is 5.69 Å². The number of aliphatic hydroxyl groups excluding tert-OH is 1. The molecule has 0 amide bonds. The normalized spacial score (nSPS) is 8.79. The molecule has 14 heavy (non-hydrogen) atoms. The minimum atomic E-state index is -0.403. The quantitative estimate of drug-likeness (QED) is 0.544. The SMILES string of the molecule is Cc1ccc([N+](=O)[O-])cc1.NCCO. The van der Waals surface area contributed by atoms with Gasteiger partial charge in [-0.15, -0.1) is 0 Å². The lowest BCUT2D eigenvalue weighted by atomic mass is 10.2. The van der Waals surface area contributed by atoms with Gasteiger partial charge in [-0.05, 0) is 6.92 Å². The second-order valence-corrected chi connectivity index (χ2v) is 2.60. The molecule has 0 atom stereocenters. The van der Waals surface area contributed by atoms with Crippen LogP contribution in [-0.4, -0.2) is 23.2 Å². The summed E-state index contributed by atoms with van der Waals surface area (Å²) < 4.78 is 0. The summed E-state index contributed by atoms with van der Waals surface area (Å²) in [5.41, 5.74) is 5.95. The van der Waals surface area contributed by atoms with Gasteiger partial charge in [-0.1, -0.05) is 17.7 Å². The van der Waals surface area contributed by atoms with Crippen LogP contribution in [0.15, 0.2) is 24.3 Å². The van der Waals surface area contributed by atoms with Gasteiger partial charge >= 0.3 is 0 Å². The summed E-state index contributed by atoms with van der Waals surface area (Å²) in [4.78, 5) is 9.71. The van der Waals surface area contributed by atoms with E-state index >= 15 is 0 Å². The Hall–Kier alpha value is -1.46. The van der Waals surface area contributed by atoms with Gasteiger partial charge in [0.15, 0.2) is 0 Å². The van der Waals surface area contributed by atoms with Crippen molar-refractivity contribution in [3.05, 3.63) is 39.9 Å². The second kappa shape index (κ2) is 6.99. The van der Waals surface area contributed by atoms with Crippen molar-refractivity contribution < 1.29 is 10.0 Å². The highest BCUT2D eigenvalue weighted by atomic mass is 16.6. The largest absolute Gasteiger partial charge is 0.395 e. The molecule has 0 aliphatic rings. The van der Waals surface area contributed by atoms with E-state index in [0.717, 1.165) is 5.56 Å². The van der Waals surface area contributed by atoms with Gasteiger partial charge in [0, 0.05) is 18.7 Å². The number of nitro groups is 1. The maximum Gasteiger partial charge on any atom is 0.269 e. The lowest BCUT2D eigenvalue weighted by molar-refractivity contribution is -0.384. The van der Waals surface area contributed by atoms with Gasteiger partial charge in [0.2, 0.25) is 0 Å². The molecular weight excluding hydrogens is 184 g/mol. The summed E-state index contributed by atoms with van der Waals surface area (Å²) in [6.45, 7) is 2.36. The molecule has 0 heterocycles. The Kier molecular flexibility index (Phi) is 6.26. The van der Waals surface area contributed by atoms with E-state index in [1.807, 2.05) is 6.92 Å². The number of hydrogen-bond donors (Lipinski definition) is 2. The van der Waals surface area contributed by atoms with E-state index in [1.54, 1.807) is 12.1 Å². The summed E-state index contributed by atoms with van der Waals surface area (Å²) in [7, 11) is 0. The maximum absolute atomic E-state index is 10.1. The molecule has 0 fully saturated rings. The number of aliphatic hydroxyl groups is 1. The van der Waals surface area contributed by atoms with E-state index < -0.39 is 4.92 Å². The van der Waals surface area contributed by atoms with E-state index in [2.05, 4.69) is 0 Å². The molecule has 0 aliphatic carbocycles. The van der Waals surface area contributed by atoms with Gasteiger partial charge in [0.05, 0.1) is 11.5 Å². The molecule has 0 aliphatic heterocycles. The van der Waals surface area contributed by atoms with Crippen molar-refractivity contribution in [1.29, 1.82) is 0 Å². The predicted octanol–water partition coefficient (Wildman–Crippen LogP) is 0.841. The van der Waals surface area contributed by atoms with E-state index in [1.165, 1.54) is 12.1 Å². The molecule has 0 spiro atoms. The van der Waals surface area contributed by atoms with Crippen molar-refractivity contribution in [1.82, 2.24) is 0 Å². The Morgan fingerprint density at radius 2 is 1.86 bits per heavy atom. The Balaban J connectivity index is 0.000000364. The van der Waals surface area contributed by atoms with Crippen LogP contribution in [0.25, 0.3) is 0 Å². The molecule has 5 nitrogen and oxygen atoms in total. The number of aryl methyl sites for hydroxylation is 1. The molecule has 0 bridgehead atoms. The van der Waals surface area contributed by atoms with Crippen molar-refractivity contribution in [2.24, 2.45) is 5.73 Å². The first kappa shape index (κ1) is 12.5. The topological polar surface area (TPSA) is 89.4 Å². The van der Waals surface area contributed by atoms with Gasteiger partial charge in [0.1, 0.15) is 0 Å². The molecule has 5 heteroatoms. The van der Waals surface area contributed by atoms with Crippen molar-refractivity contribution in [3.8, 4) is 0 Å². The van der Waals surface area contributed by atoms with Crippen LogP contribution in [-0.2, 0) is 0 Å². The standard InChI is InChI=1S/C7H7NO2.C2H7NO/c1-6-2-4-7(5-3-6)8(9)10;3-1-2-4/h2-5H,1H3;4H,1-3H2. The number of nitrogens with zero attached hydrogens (tertiary/aromatic N) is 1. The smallest absolute Gasteiger partial charge is 0.269 e. The van der Waals surface area contributed by atoms with Crippen LogP contribution in [0.5, 0.6) is 0 Å². The number of nitro benzene ring substituents is 1. The highest BCUT2D eigenvalue weighted by Gasteiger charge is 2.00. The van der Waals surface area contributed by atoms with E-state index in [-0.39, 0.29) is 12.3 Å². The zero-order chi connectivity index (χ0) is 11.0. The van der Waals surface area contributed by atoms with Gasteiger partial charge in [-0.2, -0.15) is 0 Å². The number of non-ortho nitro benzene ring substituents is 1. The molecule has 1 aromatic rings. The van der Waals surface area contributed by atoms with Crippen molar-refractivity contribution in [2.45, 2.75) is 6.92 Å². The maximum atomic E-state index is 10.1. The van der Waals surface area contributed by atoms with Crippen LogP contribution in [0.2, 0.25) is 0 Å². The second-order valence-electron chi connectivity index (χ2n) is 2.60. The Morgan fingerprint density at radius 1 is 1.43 bits per heavy atom. The lowest BCUT2D eigenvalue weighted by Gasteiger charge is -1.90. The third-order valence-electron chi connectivity index (χ3n) is 1.37. The van der Waals surface area contributed by atoms with Gasteiger partial charge in [-0.3, -0.25) is 10.1 Å². The van der Waals surface area contributed by atoms with E-state index in [0.29, 0.717) is 6.54 Å². The van der Waals surface area contributed by atoms with Crippen LogP contribution in [0.3, 0.4) is 0 Å². The van der Waals surface area contributed by atoms with Crippen molar-refractivity contribution in [3.63, 3.8) is 0 Å². The summed E-state index contributed by atoms with van der Waals surface area (Å²) in [6, 6.07) is 6.43. The Labute approximate surface area is 82.3 Å². The average molecular weight is 198 g/mol. The molecule has 0 saturated carbocycles. The molecule has 0 aromatic heterocycles. The predicted molar refractivity (Wildman–Crippen MR) is 54.0 cm³/mol. The van der Waals surface area contributed by atoms with Gasteiger partial charge in [-0.25, -0.2) is 0 Å². The Morgan fingerprint density at radius 3 is 2.14 bits per heavy atom. The molecule has 1 aromatic carbocycles. The molecule has 0 saturated heterocycles. The zero-order valence-corrected chi connectivity index (χ0v) is 8.01. The minimum Gasteiger partial charge on any atom is -0.395 e. The van der Waals surface area contributed by atoms with Gasteiger partial charge in [0.25, 0.3) is 5.69 Å². The number of hydrogen-bond acceptors (Lipinski definition) is 4. The first-order chi connectivity index (χ1) is 6.61. The fraction of sp³-hybridized carbons (Fsp3) is 0.333. The fourth-order valence-electron chi connectivity index (χ4n) is 0.666. The first-order valence-electron chi connectivity index (χ1n) is 4.13. The van der Waals surface area contributed by atoms with Crippen LogP contribution >= 0.6 is 0 Å². The lowest BCUT2D eigenvalue weighted by Crippen LogP contribution is -2.02. The molecule has 0 unspecified atom stereocenters. The summed E-state index contributed by atoms with van der Waals surface area (Å²) in [6.07, 6.45) is 0. The number of benzene rings is 1. The first-order valence-corrected chi connectivity index (χ1v) is 4.13. The fourth-order valence-corrected chi connectivity index (χ4v) is 0.666. The summed E-state index contributed by atoms with van der Waals surface area (Å²) >= 11 is 0. The molecular formula is C9H14N2O3. The summed E-state index contributed by atoms with van der Waals surface area (Å²) in [5.74, 6) is 0. The molecule has 0 radical (unpaired) electrons. The third kappa shape index (κ3) is 5.23. The van der Waals surface area contributed by atoms with Crippen molar-refractivity contribution in [2.75, 3.05) is 13.2 Å². The molecule has 1 rings (SSSR count). The highest BCUT2D eigenvalue weighted by molar-refractivity contribution is 5.31. The summed E-state index contributed by atoms with van der Waals surface area (Å²) in [5, 5.41) is 17.9. The van der Waals surface area contributed by atoms with E-state index in [9.17, 15) is 10.1 Å². The third-order valence-corrected chi connectivity index (χ3v) is 1.37. The number of nitrogens with two attached hydrogens (primary N) is 1. The number of rotatable bonds is 2. The molecule has 3 N–H and O–H groups in total. The highest BCUT2D eigenvalue weighted by Crippen LogP contribution is 2.10.